The minimum absolute atomic E-state index is 0. The van der Waals surface area contributed by atoms with Gasteiger partial charge in [0.25, 0.3) is 0 Å². The van der Waals surface area contributed by atoms with Crippen molar-refractivity contribution in [3.63, 3.8) is 0 Å². The third kappa shape index (κ3) is 5.47. The summed E-state index contributed by atoms with van der Waals surface area (Å²) in [6.07, 6.45) is -2.62. The molecule has 200 valence electrons. The molecule has 0 radical (unpaired) electrons. The van der Waals surface area contributed by atoms with E-state index in [1.54, 1.807) is 37.4 Å². The van der Waals surface area contributed by atoms with Gasteiger partial charge >= 0.3 is 6.18 Å². The number of hydrogen-bond donors (Lipinski definition) is 2. The van der Waals surface area contributed by atoms with Crippen molar-refractivity contribution in [1.82, 2.24) is 10.6 Å². The lowest BCUT2D eigenvalue weighted by Gasteiger charge is -2.34. The van der Waals surface area contributed by atoms with Crippen molar-refractivity contribution < 1.29 is 22.6 Å². The number of hydrogen-bond acceptors (Lipinski definition) is 4. The maximum Gasteiger partial charge on any atom is 0.426 e. The molecule has 3 atom stereocenters. The van der Waals surface area contributed by atoms with Crippen molar-refractivity contribution in [3.8, 4) is 5.75 Å². The number of alkyl halides is 3. The van der Waals surface area contributed by atoms with Crippen LogP contribution in [-0.2, 0) is 23.5 Å². The summed E-state index contributed by atoms with van der Waals surface area (Å²) in [4.78, 5) is 0. The predicted molar refractivity (Wildman–Crippen MR) is 143 cm³/mol. The summed E-state index contributed by atoms with van der Waals surface area (Å²) in [5, 5.41) is 7.18. The second-order valence-electron chi connectivity index (χ2n) is 9.13. The van der Waals surface area contributed by atoms with Crippen LogP contribution < -0.4 is 15.4 Å². The van der Waals surface area contributed by atoms with Gasteiger partial charge in [-0.3, -0.25) is 0 Å². The Hall–Kier alpha value is -2.29. The van der Waals surface area contributed by atoms with E-state index >= 15 is 0 Å². The third-order valence-electron chi connectivity index (χ3n) is 7.08. The van der Waals surface area contributed by atoms with Crippen LogP contribution in [0.3, 0.4) is 0 Å². The number of methoxy groups -OCH3 is 1. The number of halogens is 5. The van der Waals surface area contributed by atoms with E-state index in [1.165, 1.54) is 17.7 Å². The molecule has 0 aliphatic carbocycles. The van der Waals surface area contributed by atoms with Gasteiger partial charge in [0.2, 0.25) is 5.60 Å². The Labute approximate surface area is 227 Å². The molecule has 0 spiro atoms. The molecule has 2 aliphatic rings. The largest absolute Gasteiger partial charge is 0.496 e. The number of nitrogens with one attached hydrogen (secondary N) is 2. The highest BCUT2D eigenvalue weighted by atomic mass is 35.5. The van der Waals surface area contributed by atoms with Crippen LogP contribution in [0.4, 0.5) is 13.2 Å². The molecule has 9 heteroatoms. The van der Waals surface area contributed by atoms with E-state index in [1.807, 2.05) is 18.2 Å². The zero-order valence-electron chi connectivity index (χ0n) is 20.4. The highest BCUT2D eigenvalue weighted by Gasteiger charge is 2.62. The van der Waals surface area contributed by atoms with Crippen molar-refractivity contribution in [2.24, 2.45) is 0 Å². The van der Waals surface area contributed by atoms with Crippen LogP contribution in [0.15, 0.2) is 72.8 Å². The number of ether oxygens (including phenoxy) is 2. The lowest BCUT2D eigenvalue weighted by Crippen LogP contribution is -2.45. The van der Waals surface area contributed by atoms with E-state index < -0.39 is 11.8 Å². The fraction of sp³-hybridized carbons (Fsp3) is 0.357. The highest BCUT2D eigenvalue weighted by molar-refractivity contribution is 5.85. The molecular weight excluding hydrogens is 524 g/mol. The number of rotatable bonds is 6. The average Bonchev–Trinajstić information content (AvgIpc) is 3.27. The number of piperidine rings is 1. The zero-order valence-corrected chi connectivity index (χ0v) is 22.0. The van der Waals surface area contributed by atoms with Gasteiger partial charge in [-0.25, -0.2) is 0 Å². The summed E-state index contributed by atoms with van der Waals surface area (Å²) in [7, 11) is 1.55. The van der Waals surface area contributed by atoms with Crippen LogP contribution in [0.5, 0.6) is 5.75 Å². The molecule has 5 rings (SSSR count). The lowest BCUT2D eigenvalue weighted by atomic mass is 9.83. The average molecular weight is 555 g/mol. The van der Waals surface area contributed by atoms with Crippen LogP contribution in [-0.4, -0.2) is 25.9 Å². The Bertz CT molecular complexity index is 1170. The first-order valence-electron chi connectivity index (χ1n) is 11.9. The summed E-state index contributed by atoms with van der Waals surface area (Å²) in [6.45, 7) is 1.19. The molecule has 3 aromatic carbocycles. The van der Waals surface area contributed by atoms with E-state index in [2.05, 4.69) is 22.8 Å². The zero-order chi connectivity index (χ0) is 24.5. The third-order valence-corrected chi connectivity index (χ3v) is 7.08. The van der Waals surface area contributed by atoms with Gasteiger partial charge in [-0.05, 0) is 48.2 Å². The minimum Gasteiger partial charge on any atom is -0.496 e. The highest BCUT2D eigenvalue weighted by Crippen LogP contribution is 2.53. The molecule has 3 aromatic rings. The van der Waals surface area contributed by atoms with E-state index in [9.17, 15) is 13.2 Å². The van der Waals surface area contributed by atoms with Gasteiger partial charge in [0.15, 0.2) is 0 Å². The fourth-order valence-corrected chi connectivity index (χ4v) is 5.38. The van der Waals surface area contributed by atoms with E-state index in [0.717, 1.165) is 19.4 Å². The van der Waals surface area contributed by atoms with E-state index in [0.29, 0.717) is 23.4 Å². The topological polar surface area (TPSA) is 42.5 Å². The number of benzene rings is 3. The summed E-state index contributed by atoms with van der Waals surface area (Å²) in [5.41, 5.74) is 0.0844. The van der Waals surface area contributed by atoms with E-state index in [4.69, 9.17) is 9.47 Å². The maximum atomic E-state index is 14.6. The second kappa shape index (κ2) is 12.0. The first-order valence-corrected chi connectivity index (χ1v) is 11.9. The van der Waals surface area contributed by atoms with Gasteiger partial charge in [0.1, 0.15) is 5.75 Å². The molecule has 2 heterocycles. The van der Waals surface area contributed by atoms with Gasteiger partial charge in [-0.15, -0.1) is 24.8 Å². The van der Waals surface area contributed by atoms with Crippen LogP contribution in [0.2, 0.25) is 0 Å². The van der Waals surface area contributed by atoms with Crippen LogP contribution in [0.1, 0.15) is 46.7 Å². The molecule has 0 aromatic heterocycles. The van der Waals surface area contributed by atoms with Gasteiger partial charge in [0.05, 0.1) is 13.7 Å². The van der Waals surface area contributed by atoms with Crippen molar-refractivity contribution in [3.05, 3.63) is 101 Å². The van der Waals surface area contributed by atoms with Crippen LogP contribution in [0.25, 0.3) is 0 Å². The molecule has 1 fully saturated rings. The molecule has 37 heavy (non-hydrogen) atoms. The maximum absolute atomic E-state index is 14.6. The second-order valence-corrected chi connectivity index (χ2v) is 9.13. The Morgan fingerprint density at radius 1 is 1.03 bits per heavy atom. The van der Waals surface area contributed by atoms with Gasteiger partial charge in [0, 0.05) is 29.8 Å². The molecule has 0 bridgehead atoms. The van der Waals surface area contributed by atoms with Crippen molar-refractivity contribution in [2.75, 3.05) is 13.7 Å². The van der Waals surface area contributed by atoms with Crippen molar-refractivity contribution in [2.45, 2.75) is 49.9 Å². The van der Waals surface area contributed by atoms with E-state index in [-0.39, 0.29) is 54.6 Å². The fourth-order valence-electron chi connectivity index (χ4n) is 5.38. The Balaban J connectivity index is 0.00000190. The Morgan fingerprint density at radius 2 is 1.70 bits per heavy atom. The monoisotopic (exact) mass is 554 g/mol. The van der Waals surface area contributed by atoms with Crippen molar-refractivity contribution in [1.29, 1.82) is 0 Å². The summed E-state index contributed by atoms with van der Waals surface area (Å²) in [6, 6.07) is 21.7. The smallest absolute Gasteiger partial charge is 0.426 e. The Kier molecular flexibility index (Phi) is 9.53. The molecular formula is C28H31Cl2F3N2O2. The predicted octanol–water partition coefficient (Wildman–Crippen LogP) is 6.46. The molecule has 4 nitrogen and oxygen atoms in total. The summed E-state index contributed by atoms with van der Waals surface area (Å²) >= 11 is 0. The normalized spacial score (nSPS) is 22.9. The minimum atomic E-state index is -4.62. The standard InChI is InChI=1S/C28H29F3N2O2.2ClH/c1-34-25-16-21-18-35-27(28(29,30)31,22-11-6-3-7-12-22)23(21)15-20(25)17-33-24-13-8-14-32-26(24)19-9-4-2-5-10-19;;/h2-7,9-12,15-16,24,26,32-33H,8,13-14,17-18H2,1H3;2*1H/t24-,26-,27?;;/m0../s1. The molecule has 1 saturated heterocycles. The Morgan fingerprint density at radius 3 is 2.35 bits per heavy atom. The number of fused-ring (bicyclic) bond motifs is 1. The first kappa shape index (κ1) is 29.3. The molecule has 0 saturated carbocycles. The lowest BCUT2D eigenvalue weighted by molar-refractivity contribution is -0.262. The summed E-state index contributed by atoms with van der Waals surface area (Å²) in [5.74, 6) is 0.561. The van der Waals surface area contributed by atoms with Gasteiger partial charge in [-0.1, -0.05) is 60.7 Å². The quantitative estimate of drug-likeness (QED) is 0.367. The molecule has 2 aliphatic heterocycles. The van der Waals surface area contributed by atoms with Crippen molar-refractivity contribution >= 4 is 24.8 Å². The van der Waals surface area contributed by atoms with Crippen LogP contribution >= 0.6 is 24.8 Å². The van der Waals surface area contributed by atoms with Gasteiger partial charge < -0.3 is 20.1 Å². The SMILES string of the molecule is COc1cc2c(cc1CN[C@H]1CCCN[C@H]1c1ccccc1)C(c1ccccc1)(C(F)(F)F)OC2.Cl.Cl. The van der Waals surface area contributed by atoms with Gasteiger partial charge in [-0.2, -0.15) is 13.2 Å². The van der Waals surface area contributed by atoms with Crippen LogP contribution in [0, 0.1) is 0 Å². The summed E-state index contributed by atoms with van der Waals surface area (Å²) < 4.78 is 55.1. The molecule has 1 unspecified atom stereocenters. The molecule has 0 amide bonds. The first-order chi connectivity index (χ1) is 16.9. The molecule has 2 N–H and O–H groups in total.